The van der Waals surface area contributed by atoms with Crippen LogP contribution in [0.25, 0.3) is 0 Å². The Hall–Kier alpha value is 0.660. The molecule has 1 N–H and O–H groups in total. The molecule has 0 aliphatic carbocycles. The molecule has 0 saturated carbocycles. The molecule has 2 unspecified atom stereocenters. The molecule has 0 radical (unpaired) electrons. The Morgan fingerprint density at radius 3 is 2.45 bits per heavy atom. The molecule has 0 aromatic carbocycles. The van der Waals surface area contributed by atoms with Gasteiger partial charge in [-0.1, -0.05) is 44.0 Å². The van der Waals surface area contributed by atoms with Crippen molar-refractivity contribution in [2.45, 2.75) is 30.7 Å². The van der Waals surface area contributed by atoms with Gasteiger partial charge in [-0.05, 0) is 20.3 Å². The van der Waals surface area contributed by atoms with E-state index in [2.05, 4.69) is 38.4 Å². The molecule has 1 nitrogen and oxygen atoms in total. The van der Waals surface area contributed by atoms with Gasteiger partial charge in [0.05, 0.1) is 6.10 Å². The summed E-state index contributed by atoms with van der Waals surface area (Å²) in [5, 5.41) is 10.3. The third kappa shape index (κ3) is 4.99. The highest BCUT2D eigenvalue weighted by atomic mass is 79.9. The van der Waals surface area contributed by atoms with Crippen LogP contribution in [0.5, 0.6) is 0 Å². The second kappa shape index (κ2) is 4.63. The van der Waals surface area contributed by atoms with Crippen molar-refractivity contribution >= 4 is 31.9 Å². The van der Waals surface area contributed by atoms with Crippen LogP contribution in [0.2, 0.25) is 0 Å². The number of hydrogen-bond acceptors (Lipinski definition) is 1. The van der Waals surface area contributed by atoms with E-state index >= 15 is 0 Å². The van der Waals surface area contributed by atoms with Crippen LogP contribution in [-0.2, 0) is 0 Å². The average molecular weight is 286 g/mol. The normalized spacial score (nSPS) is 19.0. The summed E-state index contributed by atoms with van der Waals surface area (Å²) in [6.45, 7) is 7.56. The Bertz CT molecular complexity index is 143. The number of halogens is 2. The number of aliphatic hydroxyl groups is 1. The van der Waals surface area contributed by atoms with E-state index in [0.29, 0.717) is 6.42 Å². The van der Waals surface area contributed by atoms with Crippen molar-refractivity contribution in [3.8, 4) is 0 Å². The van der Waals surface area contributed by atoms with Crippen molar-refractivity contribution in [3.05, 3.63) is 12.2 Å². The second-order valence-electron chi connectivity index (χ2n) is 3.11. The molecule has 2 atom stereocenters. The standard InChI is InChI=1S/C8H14Br2O/c1-6(2)7(11)4-8(3,10)5-9/h7,11H,1,4-5H2,2-3H3. The molecule has 0 aromatic rings. The van der Waals surface area contributed by atoms with E-state index in [1.165, 1.54) is 0 Å². The minimum absolute atomic E-state index is 0.0363. The number of aliphatic hydroxyl groups excluding tert-OH is 1. The van der Waals surface area contributed by atoms with Crippen LogP contribution in [0, 0.1) is 0 Å². The zero-order valence-corrected chi connectivity index (χ0v) is 10.1. The Balaban J connectivity index is 3.93. The second-order valence-corrected chi connectivity index (χ2v) is 5.59. The lowest BCUT2D eigenvalue weighted by atomic mass is 10.0. The summed E-state index contributed by atoms with van der Waals surface area (Å²) >= 11 is 6.86. The fraction of sp³-hybridized carbons (Fsp3) is 0.750. The lowest BCUT2D eigenvalue weighted by molar-refractivity contribution is 0.192. The smallest absolute Gasteiger partial charge is 0.0758 e. The van der Waals surface area contributed by atoms with Crippen molar-refractivity contribution in [1.82, 2.24) is 0 Å². The molecular weight excluding hydrogens is 272 g/mol. The highest BCUT2D eigenvalue weighted by molar-refractivity contribution is 9.12. The number of rotatable bonds is 4. The van der Waals surface area contributed by atoms with Crippen LogP contribution >= 0.6 is 31.9 Å². The predicted octanol–water partition coefficient (Wildman–Crippen LogP) is 2.86. The monoisotopic (exact) mass is 284 g/mol. The van der Waals surface area contributed by atoms with Crippen LogP contribution < -0.4 is 0 Å². The number of alkyl halides is 2. The summed E-state index contributed by atoms with van der Waals surface area (Å²) in [6, 6.07) is 0. The highest BCUT2D eigenvalue weighted by Gasteiger charge is 2.22. The zero-order chi connectivity index (χ0) is 9.07. The third-order valence-corrected chi connectivity index (χ3v) is 4.06. The van der Waals surface area contributed by atoms with Crippen molar-refractivity contribution in [2.75, 3.05) is 5.33 Å². The fourth-order valence-corrected chi connectivity index (χ4v) is 1.17. The van der Waals surface area contributed by atoms with E-state index in [4.69, 9.17) is 0 Å². The molecule has 0 bridgehead atoms. The molecular formula is C8H14Br2O. The lowest BCUT2D eigenvalue weighted by Gasteiger charge is -2.22. The van der Waals surface area contributed by atoms with Gasteiger partial charge in [0.1, 0.15) is 0 Å². The van der Waals surface area contributed by atoms with Gasteiger partial charge in [0.25, 0.3) is 0 Å². The summed E-state index contributed by atoms with van der Waals surface area (Å²) in [6.07, 6.45) is 0.282. The molecule has 0 fully saturated rings. The first-order valence-electron chi connectivity index (χ1n) is 3.47. The Morgan fingerprint density at radius 2 is 2.18 bits per heavy atom. The maximum Gasteiger partial charge on any atom is 0.0758 e. The summed E-state index contributed by atoms with van der Waals surface area (Å²) in [5.74, 6) is 0. The van der Waals surface area contributed by atoms with Crippen LogP contribution in [0.4, 0.5) is 0 Å². The zero-order valence-electron chi connectivity index (χ0n) is 6.90. The van der Waals surface area contributed by atoms with Gasteiger partial charge in [-0.3, -0.25) is 0 Å². The number of hydrogen-bond donors (Lipinski definition) is 1. The Labute approximate surface area is 85.1 Å². The van der Waals surface area contributed by atoms with Crippen molar-refractivity contribution in [2.24, 2.45) is 0 Å². The van der Waals surface area contributed by atoms with Crippen LogP contribution in [-0.4, -0.2) is 20.9 Å². The topological polar surface area (TPSA) is 20.2 Å². The molecule has 66 valence electrons. The maximum absolute atomic E-state index is 9.44. The third-order valence-electron chi connectivity index (χ3n) is 1.47. The maximum atomic E-state index is 9.44. The van der Waals surface area contributed by atoms with Gasteiger partial charge in [0.2, 0.25) is 0 Å². The summed E-state index contributed by atoms with van der Waals surface area (Å²) < 4.78 is -0.0363. The quantitative estimate of drug-likeness (QED) is 0.622. The van der Waals surface area contributed by atoms with E-state index < -0.39 is 6.10 Å². The van der Waals surface area contributed by atoms with E-state index in [1.807, 2.05) is 13.8 Å². The predicted molar refractivity (Wildman–Crippen MR) is 56.6 cm³/mol. The molecule has 0 heterocycles. The van der Waals surface area contributed by atoms with Crippen molar-refractivity contribution < 1.29 is 5.11 Å². The molecule has 0 aliphatic rings. The molecule has 0 spiro atoms. The first-order chi connectivity index (χ1) is 4.89. The molecule has 0 rings (SSSR count). The molecule has 0 amide bonds. The first kappa shape index (κ1) is 11.7. The Morgan fingerprint density at radius 1 is 1.73 bits per heavy atom. The van der Waals surface area contributed by atoms with Crippen LogP contribution in [0.15, 0.2) is 12.2 Å². The molecule has 0 aromatic heterocycles. The van der Waals surface area contributed by atoms with Crippen molar-refractivity contribution in [1.29, 1.82) is 0 Å². The van der Waals surface area contributed by atoms with E-state index in [1.54, 1.807) is 0 Å². The van der Waals surface area contributed by atoms with Crippen molar-refractivity contribution in [3.63, 3.8) is 0 Å². The molecule has 0 aliphatic heterocycles. The molecule has 0 saturated heterocycles. The van der Waals surface area contributed by atoms with Gasteiger partial charge in [-0.2, -0.15) is 0 Å². The lowest BCUT2D eigenvalue weighted by Crippen LogP contribution is -2.25. The van der Waals surface area contributed by atoms with Crippen LogP contribution in [0.3, 0.4) is 0 Å². The summed E-state index contributed by atoms with van der Waals surface area (Å²) in [7, 11) is 0. The summed E-state index contributed by atoms with van der Waals surface area (Å²) in [4.78, 5) is 0. The van der Waals surface area contributed by atoms with Crippen LogP contribution in [0.1, 0.15) is 20.3 Å². The van der Waals surface area contributed by atoms with E-state index in [0.717, 1.165) is 10.9 Å². The first-order valence-corrected chi connectivity index (χ1v) is 5.39. The largest absolute Gasteiger partial charge is 0.389 e. The van der Waals surface area contributed by atoms with Gasteiger partial charge >= 0.3 is 0 Å². The van der Waals surface area contributed by atoms with Gasteiger partial charge in [-0.15, -0.1) is 0 Å². The minimum atomic E-state index is -0.406. The SMILES string of the molecule is C=C(C)C(O)CC(C)(Br)CBr. The van der Waals surface area contributed by atoms with Gasteiger partial charge < -0.3 is 5.11 Å². The molecule has 3 heteroatoms. The summed E-state index contributed by atoms with van der Waals surface area (Å²) in [5.41, 5.74) is 0.816. The van der Waals surface area contributed by atoms with Gasteiger partial charge in [0.15, 0.2) is 0 Å². The van der Waals surface area contributed by atoms with E-state index in [-0.39, 0.29) is 4.32 Å². The highest BCUT2D eigenvalue weighted by Crippen LogP contribution is 2.27. The fourth-order valence-electron chi connectivity index (χ4n) is 0.632. The minimum Gasteiger partial charge on any atom is -0.389 e. The van der Waals surface area contributed by atoms with Gasteiger partial charge in [0, 0.05) is 9.65 Å². The molecule has 11 heavy (non-hydrogen) atoms. The Kier molecular flexibility index (Phi) is 4.91. The average Bonchev–Trinajstić information content (AvgIpc) is 1.87. The van der Waals surface area contributed by atoms with E-state index in [9.17, 15) is 5.11 Å². The van der Waals surface area contributed by atoms with Gasteiger partial charge in [-0.25, -0.2) is 0 Å².